The van der Waals surface area contributed by atoms with E-state index in [2.05, 4.69) is 6.92 Å². The number of hydrogen-bond acceptors (Lipinski definition) is 3. The number of unbranched alkanes of at least 4 members (excludes halogenated alkanes) is 7. The van der Waals surface area contributed by atoms with Crippen LogP contribution in [0.3, 0.4) is 0 Å². The maximum atomic E-state index is 11.7. The monoisotopic (exact) mass is 358 g/mol. The molecule has 0 aliphatic heterocycles. The SMILES string of the molecule is CCCCCCCCCCOC(=O)/C=C/c1ccc(/C=C/C(=O)O)cc1. The van der Waals surface area contributed by atoms with Crippen LogP contribution >= 0.6 is 0 Å². The van der Waals surface area contributed by atoms with Crippen LogP contribution in [0.25, 0.3) is 12.2 Å². The molecular weight excluding hydrogens is 328 g/mol. The van der Waals surface area contributed by atoms with Crippen molar-refractivity contribution in [2.24, 2.45) is 0 Å². The molecule has 4 nitrogen and oxygen atoms in total. The third kappa shape index (κ3) is 11.2. The van der Waals surface area contributed by atoms with Gasteiger partial charge >= 0.3 is 11.9 Å². The molecule has 4 heteroatoms. The van der Waals surface area contributed by atoms with Crippen LogP contribution in [0.4, 0.5) is 0 Å². The molecule has 0 aromatic heterocycles. The van der Waals surface area contributed by atoms with E-state index >= 15 is 0 Å². The van der Waals surface area contributed by atoms with Gasteiger partial charge in [0.25, 0.3) is 0 Å². The Morgan fingerprint density at radius 3 is 1.88 bits per heavy atom. The fraction of sp³-hybridized carbons (Fsp3) is 0.455. The van der Waals surface area contributed by atoms with Crippen molar-refractivity contribution in [3.8, 4) is 0 Å². The summed E-state index contributed by atoms with van der Waals surface area (Å²) in [5.74, 6) is -1.31. The van der Waals surface area contributed by atoms with Crippen molar-refractivity contribution in [1.29, 1.82) is 0 Å². The highest BCUT2D eigenvalue weighted by Crippen LogP contribution is 2.09. The Morgan fingerprint density at radius 2 is 1.35 bits per heavy atom. The molecule has 0 bridgehead atoms. The van der Waals surface area contributed by atoms with Crippen LogP contribution in [0.15, 0.2) is 36.4 Å². The number of rotatable bonds is 13. The summed E-state index contributed by atoms with van der Waals surface area (Å²) in [6.45, 7) is 2.69. The average molecular weight is 358 g/mol. The molecule has 0 radical (unpaired) electrons. The van der Waals surface area contributed by atoms with Crippen molar-refractivity contribution in [3.05, 3.63) is 47.5 Å². The fourth-order valence-electron chi connectivity index (χ4n) is 2.51. The second-order valence-electron chi connectivity index (χ2n) is 6.31. The van der Waals surface area contributed by atoms with Gasteiger partial charge in [-0.15, -0.1) is 0 Å². The van der Waals surface area contributed by atoms with Gasteiger partial charge in [0.1, 0.15) is 0 Å². The molecule has 0 fully saturated rings. The quantitative estimate of drug-likeness (QED) is 0.288. The molecule has 0 aliphatic carbocycles. The highest BCUT2D eigenvalue weighted by molar-refractivity contribution is 5.87. The zero-order chi connectivity index (χ0) is 19.0. The number of aliphatic carboxylic acids is 1. The molecular formula is C22H30O4. The first kappa shape index (κ1) is 21.7. The molecule has 1 aromatic rings. The lowest BCUT2D eigenvalue weighted by molar-refractivity contribution is -0.137. The summed E-state index contributed by atoms with van der Waals surface area (Å²) < 4.78 is 5.20. The standard InChI is InChI=1S/C22H30O4/c1-2-3-4-5-6-7-8-9-18-26-22(25)17-15-20-12-10-19(11-13-20)14-16-21(23)24/h10-17H,2-9,18H2,1H3,(H,23,24)/b16-14+,17-15+. The number of carboxylic acid groups (broad SMARTS) is 1. The number of carbonyl (C=O) groups is 2. The van der Waals surface area contributed by atoms with Crippen molar-refractivity contribution in [2.45, 2.75) is 58.3 Å². The summed E-state index contributed by atoms with van der Waals surface area (Å²) in [6, 6.07) is 7.24. The van der Waals surface area contributed by atoms with Gasteiger partial charge in [-0.1, -0.05) is 76.1 Å². The van der Waals surface area contributed by atoms with E-state index in [0.717, 1.165) is 30.0 Å². The van der Waals surface area contributed by atoms with E-state index in [1.54, 1.807) is 18.2 Å². The molecule has 0 heterocycles. The zero-order valence-electron chi connectivity index (χ0n) is 15.7. The minimum absolute atomic E-state index is 0.331. The highest BCUT2D eigenvalue weighted by Gasteiger charge is 1.98. The van der Waals surface area contributed by atoms with Crippen molar-refractivity contribution < 1.29 is 19.4 Å². The number of hydrogen-bond donors (Lipinski definition) is 1. The lowest BCUT2D eigenvalue weighted by Crippen LogP contribution is -2.02. The third-order valence-corrected chi connectivity index (χ3v) is 4.01. The highest BCUT2D eigenvalue weighted by atomic mass is 16.5. The molecule has 1 N–H and O–H groups in total. The van der Waals surface area contributed by atoms with Gasteiger partial charge in [-0.3, -0.25) is 0 Å². The first-order valence-corrected chi connectivity index (χ1v) is 9.47. The topological polar surface area (TPSA) is 63.6 Å². The molecule has 0 amide bonds. The largest absolute Gasteiger partial charge is 0.478 e. The van der Waals surface area contributed by atoms with Crippen molar-refractivity contribution in [2.75, 3.05) is 6.61 Å². The van der Waals surface area contributed by atoms with E-state index in [4.69, 9.17) is 9.84 Å². The van der Waals surface area contributed by atoms with Crippen LogP contribution in [0.5, 0.6) is 0 Å². The van der Waals surface area contributed by atoms with Crippen LogP contribution in [-0.2, 0) is 14.3 Å². The van der Waals surface area contributed by atoms with Crippen molar-refractivity contribution in [1.82, 2.24) is 0 Å². The average Bonchev–Trinajstić information content (AvgIpc) is 2.64. The maximum absolute atomic E-state index is 11.7. The van der Waals surface area contributed by atoms with E-state index in [9.17, 15) is 9.59 Å². The molecule has 0 unspecified atom stereocenters. The summed E-state index contributed by atoms with van der Waals surface area (Å²) in [4.78, 5) is 22.1. The Labute approximate surface area is 156 Å². The lowest BCUT2D eigenvalue weighted by atomic mass is 10.1. The Hall–Kier alpha value is -2.36. The minimum atomic E-state index is -0.979. The maximum Gasteiger partial charge on any atom is 0.330 e. The molecule has 142 valence electrons. The van der Waals surface area contributed by atoms with Gasteiger partial charge in [0.05, 0.1) is 6.61 Å². The molecule has 1 aromatic carbocycles. The normalized spacial score (nSPS) is 11.3. The van der Waals surface area contributed by atoms with Gasteiger partial charge in [-0.2, -0.15) is 0 Å². The third-order valence-electron chi connectivity index (χ3n) is 4.01. The van der Waals surface area contributed by atoms with E-state index in [0.29, 0.717) is 6.61 Å². The van der Waals surface area contributed by atoms with Crippen LogP contribution in [0.1, 0.15) is 69.4 Å². The van der Waals surface area contributed by atoms with E-state index < -0.39 is 5.97 Å². The molecule has 0 aliphatic rings. The van der Waals surface area contributed by atoms with Gasteiger partial charge < -0.3 is 9.84 Å². The molecule has 0 spiro atoms. The molecule has 26 heavy (non-hydrogen) atoms. The molecule has 0 saturated carbocycles. The van der Waals surface area contributed by atoms with Gasteiger partial charge in [-0.05, 0) is 29.7 Å². The van der Waals surface area contributed by atoms with E-state index in [1.807, 2.05) is 12.1 Å². The van der Waals surface area contributed by atoms with Crippen molar-refractivity contribution in [3.63, 3.8) is 0 Å². The first-order valence-electron chi connectivity index (χ1n) is 9.47. The Kier molecular flexibility index (Phi) is 11.6. The summed E-state index contributed by atoms with van der Waals surface area (Å²) in [5.41, 5.74) is 1.66. The molecule has 0 saturated heterocycles. The summed E-state index contributed by atoms with van der Waals surface area (Å²) in [7, 11) is 0. The van der Waals surface area contributed by atoms with Gasteiger partial charge in [0, 0.05) is 12.2 Å². The van der Waals surface area contributed by atoms with Crippen LogP contribution < -0.4 is 0 Å². The predicted molar refractivity (Wildman–Crippen MR) is 106 cm³/mol. The van der Waals surface area contributed by atoms with Crippen LogP contribution in [0, 0.1) is 0 Å². The lowest BCUT2D eigenvalue weighted by Gasteiger charge is -2.03. The van der Waals surface area contributed by atoms with Gasteiger partial charge in [0.2, 0.25) is 0 Å². The number of esters is 1. The van der Waals surface area contributed by atoms with Crippen LogP contribution in [0.2, 0.25) is 0 Å². The Morgan fingerprint density at radius 1 is 0.846 bits per heavy atom. The fourth-order valence-corrected chi connectivity index (χ4v) is 2.51. The Bertz CT molecular complexity index is 585. The first-order chi connectivity index (χ1) is 12.6. The van der Waals surface area contributed by atoms with Gasteiger partial charge in [0.15, 0.2) is 0 Å². The number of carboxylic acids is 1. The molecule has 0 atom stereocenters. The summed E-state index contributed by atoms with van der Waals surface area (Å²) in [6.07, 6.45) is 15.5. The van der Waals surface area contributed by atoms with E-state index in [-0.39, 0.29) is 5.97 Å². The Balaban J connectivity index is 2.17. The van der Waals surface area contributed by atoms with Crippen molar-refractivity contribution >= 4 is 24.1 Å². The number of carbonyl (C=O) groups excluding carboxylic acids is 1. The zero-order valence-corrected chi connectivity index (χ0v) is 15.7. The number of benzene rings is 1. The molecule has 1 rings (SSSR count). The predicted octanol–water partition coefficient (Wildman–Crippen LogP) is 5.48. The van der Waals surface area contributed by atoms with E-state index in [1.165, 1.54) is 50.7 Å². The smallest absolute Gasteiger partial charge is 0.330 e. The summed E-state index contributed by atoms with van der Waals surface area (Å²) in [5, 5.41) is 8.59. The second-order valence-corrected chi connectivity index (χ2v) is 6.31. The second kappa shape index (κ2) is 13.9. The van der Waals surface area contributed by atoms with Gasteiger partial charge in [-0.25, -0.2) is 9.59 Å². The number of ether oxygens (including phenoxy) is 1. The summed E-state index contributed by atoms with van der Waals surface area (Å²) >= 11 is 0. The van der Waals surface area contributed by atoms with Crippen LogP contribution in [-0.4, -0.2) is 23.7 Å². The minimum Gasteiger partial charge on any atom is -0.478 e.